The number of benzene rings is 1. The van der Waals surface area contributed by atoms with Gasteiger partial charge in [0.15, 0.2) is 5.76 Å². The molecule has 148 valence electrons. The summed E-state index contributed by atoms with van der Waals surface area (Å²) in [6.45, 7) is 3.24. The highest BCUT2D eigenvalue weighted by molar-refractivity contribution is 5.92. The van der Waals surface area contributed by atoms with Crippen molar-refractivity contribution < 1.29 is 13.6 Å². The van der Waals surface area contributed by atoms with Gasteiger partial charge in [0.2, 0.25) is 0 Å². The van der Waals surface area contributed by atoms with E-state index in [0.717, 1.165) is 31.5 Å². The number of carbonyl (C=O) groups is 1. The smallest absolute Gasteiger partial charge is 0.289 e. The van der Waals surface area contributed by atoms with E-state index < -0.39 is 0 Å². The zero-order chi connectivity index (χ0) is 19.8. The van der Waals surface area contributed by atoms with Crippen molar-refractivity contribution in [2.75, 3.05) is 54.4 Å². The van der Waals surface area contributed by atoms with Gasteiger partial charge in [0.25, 0.3) is 5.91 Å². The van der Waals surface area contributed by atoms with Gasteiger partial charge in [0.1, 0.15) is 11.6 Å². The largest absolute Gasteiger partial charge is 0.451 e. The zero-order valence-corrected chi connectivity index (χ0v) is 16.7. The summed E-state index contributed by atoms with van der Waals surface area (Å²) in [5, 5.41) is 0. The van der Waals surface area contributed by atoms with Crippen LogP contribution in [0.25, 0.3) is 11.3 Å². The van der Waals surface area contributed by atoms with Crippen LogP contribution in [0, 0.1) is 5.82 Å². The molecule has 1 amide bonds. The molecule has 0 spiro atoms. The normalized spacial score (nSPS) is 11.4. The van der Waals surface area contributed by atoms with Gasteiger partial charge < -0.3 is 19.1 Å². The average molecular weight is 375 g/mol. The van der Waals surface area contributed by atoms with Crippen molar-refractivity contribution >= 4 is 5.91 Å². The molecule has 0 aliphatic carbocycles. The third-order valence-electron chi connectivity index (χ3n) is 4.30. The lowest BCUT2D eigenvalue weighted by atomic mass is 10.2. The molecule has 0 radical (unpaired) electrons. The molecule has 27 heavy (non-hydrogen) atoms. The number of furan rings is 1. The van der Waals surface area contributed by atoms with Crippen LogP contribution in [0.3, 0.4) is 0 Å². The maximum absolute atomic E-state index is 13.1. The molecule has 5 nitrogen and oxygen atoms in total. The van der Waals surface area contributed by atoms with Crippen LogP contribution >= 0.6 is 0 Å². The zero-order valence-electron chi connectivity index (χ0n) is 16.7. The first-order valence-electron chi connectivity index (χ1n) is 9.31. The topological polar surface area (TPSA) is 39.9 Å². The van der Waals surface area contributed by atoms with Crippen molar-refractivity contribution in [1.29, 1.82) is 0 Å². The van der Waals surface area contributed by atoms with Crippen molar-refractivity contribution in [3.63, 3.8) is 0 Å². The molecule has 1 aromatic carbocycles. The first-order chi connectivity index (χ1) is 12.9. The summed E-state index contributed by atoms with van der Waals surface area (Å²) in [7, 11) is 8.11. The lowest BCUT2D eigenvalue weighted by molar-refractivity contribution is 0.0713. The van der Waals surface area contributed by atoms with Crippen LogP contribution in [0.15, 0.2) is 40.8 Å². The number of nitrogens with zero attached hydrogens (tertiary/aromatic N) is 3. The summed E-state index contributed by atoms with van der Waals surface area (Å²) >= 11 is 0. The molecule has 0 aliphatic rings. The Balaban J connectivity index is 2.07. The van der Waals surface area contributed by atoms with Gasteiger partial charge >= 0.3 is 0 Å². The SMILES string of the molecule is CN(C)CCCN(CCCN(C)C)C(=O)c1ccc(-c2ccc(F)cc2)o1. The quantitative estimate of drug-likeness (QED) is 0.638. The fourth-order valence-corrected chi connectivity index (χ4v) is 2.85. The Hall–Kier alpha value is -2.18. The molecular weight excluding hydrogens is 345 g/mol. The number of hydrogen-bond donors (Lipinski definition) is 0. The molecule has 0 bridgehead atoms. The maximum atomic E-state index is 13.1. The molecule has 0 saturated carbocycles. The summed E-state index contributed by atoms with van der Waals surface area (Å²) in [6, 6.07) is 9.52. The number of halogens is 1. The fourth-order valence-electron chi connectivity index (χ4n) is 2.85. The maximum Gasteiger partial charge on any atom is 0.289 e. The number of amides is 1. The van der Waals surface area contributed by atoms with Gasteiger partial charge in [-0.05, 0) is 90.5 Å². The van der Waals surface area contributed by atoms with Crippen LogP contribution in [0.2, 0.25) is 0 Å². The standard InChI is InChI=1S/C21H30FN3O2/c1-23(2)13-5-15-25(16-6-14-24(3)4)21(26)20-12-11-19(27-20)17-7-9-18(22)10-8-17/h7-12H,5-6,13-16H2,1-4H3. The summed E-state index contributed by atoms with van der Waals surface area (Å²) in [5.74, 6) is 0.499. The molecule has 0 N–H and O–H groups in total. The van der Waals surface area contributed by atoms with Gasteiger partial charge in [-0.15, -0.1) is 0 Å². The van der Waals surface area contributed by atoms with Crippen LogP contribution in [-0.2, 0) is 0 Å². The summed E-state index contributed by atoms with van der Waals surface area (Å²) in [5.41, 5.74) is 0.752. The summed E-state index contributed by atoms with van der Waals surface area (Å²) in [6.07, 6.45) is 1.82. The number of carbonyl (C=O) groups excluding carboxylic acids is 1. The molecular formula is C21H30FN3O2. The third kappa shape index (κ3) is 6.81. The van der Waals surface area contributed by atoms with Crippen molar-refractivity contribution in [3.8, 4) is 11.3 Å². The Morgan fingerprint density at radius 1 is 0.852 bits per heavy atom. The molecule has 0 unspecified atom stereocenters. The minimum absolute atomic E-state index is 0.0964. The van der Waals surface area contributed by atoms with Crippen molar-refractivity contribution in [2.45, 2.75) is 12.8 Å². The van der Waals surface area contributed by atoms with Crippen LogP contribution < -0.4 is 0 Å². The van der Waals surface area contributed by atoms with E-state index in [9.17, 15) is 9.18 Å². The van der Waals surface area contributed by atoms with Gasteiger partial charge in [-0.2, -0.15) is 0 Å². The molecule has 6 heteroatoms. The van der Waals surface area contributed by atoms with Gasteiger partial charge in [0.05, 0.1) is 0 Å². The van der Waals surface area contributed by atoms with Gasteiger partial charge in [-0.1, -0.05) is 0 Å². The van der Waals surface area contributed by atoms with Gasteiger partial charge in [0, 0.05) is 18.7 Å². The van der Waals surface area contributed by atoms with Crippen LogP contribution in [0.5, 0.6) is 0 Å². The number of hydrogen-bond acceptors (Lipinski definition) is 4. The molecule has 0 atom stereocenters. The van der Waals surface area contributed by atoms with E-state index in [1.165, 1.54) is 12.1 Å². The highest BCUT2D eigenvalue weighted by atomic mass is 19.1. The highest BCUT2D eigenvalue weighted by Gasteiger charge is 2.19. The van der Waals surface area contributed by atoms with E-state index in [2.05, 4.69) is 9.80 Å². The number of rotatable bonds is 10. The predicted octanol–water partition coefficient (Wildman–Crippen LogP) is 3.43. The molecule has 0 saturated heterocycles. The highest BCUT2D eigenvalue weighted by Crippen LogP contribution is 2.23. The molecule has 1 heterocycles. The minimum atomic E-state index is -0.297. The van der Waals surface area contributed by atoms with Crippen LogP contribution in [0.4, 0.5) is 4.39 Å². The van der Waals surface area contributed by atoms with E-state index in [4.69, 9.17) is 4.42 Å². The first kappa shape index (κ1) is 21.1. The monoisotopic (exact) mass is 375 g/mol. The van der Waals surface area contributed by atoms with Crippen molar-refractivity contribution in [1.82, 2.24) is 14.7 Å². The molecule has 2 rings (SSSR count). The Kier molecular flexibility index (Phi) is 8.00. The van der Waals surface area contributed by atoms with E-state index in [1.54, 1.807) is 24.3 Å². The van der Waals surface area contributed by atoms with E-state index >= 15 is 0 Å². The lowest BCUT2D eigenvalue weighted by Crippen LogP contribution is -2.35. The Bertz CT molecular complexity index is 696. The predicted molar refractivity (Wildman–Crippen MR) is 106 cm³/mol. The molecule has 0 aliphatic heterocycles. The van der Waals surface area contributed by atoms with Gasteiger partial charge in [-0.3, -0.25) is 4.79 Å². The third-order valence-corrected chi connectivity index (χ3v) is 4.30. The lowest BCUT2D eigenvalue weighted by Gasteiger charge is -2.23. The second kappa shape index (κ2) is 10.2. The van der Waals surface area contributed by atoms with Gasteiger partial charge in [-0.25, -0.2) is 4.39 Å². The second-order valence-electron chi connectivity index (χ2n) is 7.28. The second-order valence-corrected chi connectivity index (χ2v) is 7.28. The van der Waals surface area contributed by atoms with Crippen LogP contribution in [-0.4, -0.2) is 75.0 Å². The average Bonchev–Trinajstić information content (AvgIpc) is 3.10. The molecule has 0 fully saturated rings. The Labute approximate surface area is 161 Å². The fraction of sp³-hybridized carbons (Fsp3) is 0.476. The molecule has 1 aromatic heterocycles. The van der Waals surface area contributed by atoms with E-state index in [-0.39, 0.29) is 11.7 Å². The van der Waals surface area contributed by atoms with Crippen molar-refractivity contribution in [2.24, 2.45) is 0 Å². The van der Waals surface area contributed by atoms with E-state index in [1.807, 2.05) is 33.1 Å². The van der Waals surface area contributed by atoms with Crippen molar-refractivity contribution in [3.05, 3.63) is 48.0 Å². The molecule has 2 aromatic rings. The summed E-state index contributed by atoms with van der Waals surface area (Å²) < 4.78 is 18.9. The minimum Gasteiger partial charge on any atom is -0.451 e. The first-order valence-corrected chi connectivity index (χ1v) is 9.31. The Morgan fingerprint density at radius 2 is 1.41 bits per heavy atom. The van der Waals surface area contributed by atoms with Crippen LogP contribution in [0.1, 0.15) is 23.4 Å². The van der Waals surface area contributed by atoms with E-state index in [0.29, 0.717) is 24.6 Å². The summed E-state index contributed by atoms with van der Waals surface area (Å²) in [4.78, 5) is 19.0. The Morgan fingerprint density at radius 3 is 1.93 bits per heavy atom.